The summed E-state index contributed by atoms with van der Waals surface area (Å²) in [4.78, 5) is 4.56. The summed E-state index contributed by atoms with van der Waals surface area (Å²) in [5, 5.41) is 0.693. The van der Waals surface area contributed by atoms with Gasteiger partial charge in [0, 0.05) is 0 Å². The summed E-state index contributed by atoms with van der Waals surface area (Å²) in [5.41, 5.74) is 11.3. The summed E-state index contributed by atoms with van der Waals surface area (Å²) in [7, 11) is 0. The van der Waals surface area contributed by atoms with Gasteiger partial charge in [0.1, 0.15) is 0 Å². The molecule has 0 radical (unpaired) electrons. The second-order valence-corrected chi connectivity index (χ2v) is 6.39. The van der Waals surface area contributed by atoms with Crippen LogP contribution in [-0.4, -0.2) is 4.98 Å². The number of benzene rings is 1. The first kappa shape index (κ1) is 11.0. The van der Waals surface area contributed by atoms with E-state index in [1.165, 1.54) is 34.2 Å². The Morgan fingerprint density at radius 2 is 2.12 bits per heavy atom. The Balaban J connectivity index is 2.36. The molecule has 1 aromatic heterocycles. The zero-order valence-electron chi connectivity index (χ0n) is 10.6. The lowest BCUT2D eigenvalue weighted by Gasteiger charge is -2.14. The van der Waals surface area contributed by atoms with E-state index < -0.39 is 0 Å². The Kier molecular flexibility index (Phi) is 2.40. The highest BCUT2D eigenvalue weighted by molar-refractivity contribution is 7.22. The molecule has 0 bridgehead atoms. The lowest BCUT2D eigenvalue weighted by atomic mass is 9.91. The van der Waals surface area contributed by atoms with E-state index in [2.05, 4.69) is 31.8 Å². The van der Waals surface area contributed by atoms with Crippen molar-refractivity contribution < 1.29 is 0 Å². The third kappa shape index (κ3) is 1.73. The standard InChI is InChI=1S/C14H18N2S/c1-7(2)11-10(9-4-5-9)6-8(3)13-12(11)16-14(15)17-13/h6-7,9H,4-5H2,1-3H3,(H2,15,16). The SMILES string of the molecule is Cc1cc(C2CC2)c(C(C)C)c2nc(N)sc12. The molecular weight excluding hydrogens is 228 g/mol. The summed E-state index contributed by atoms with van der Waals surface area (Å²) in [5.74, 6) is 1.30. The number of nitrogens with two attached hydrogens (primary N) is 1. The Morgan fingerprint density at radius 3 is 2.71 bits per heavy atom. The van der Waals surface area contributed by atoms with E-state index in [0.29, 0.717) is 11.0 Å². The average molecular weight is 246 g/mol. The molecule has 1 heterocycles. The number of nitrogens with zero attached hydrogens (tertiary/aromatic N) is 1. The molecule has 1 aliphatic carbocycles. The number of thiazole rings is 1. The van der Waals surface area contributed by atoms with Gasteiger partial charge in [-0.1, -0.05) is 31.3 Å². The molecule has 1 fully saturated rings. The van der Waals surface area contributed by atoms with Crippen LogP contribution in [0.1, 0.15) is 55.2 Å². The first-order chi connectivity index (χ1) is 8.08. The van der Waals surface area contributed by atoms with Crippen molar-refractivity contribution in [3.8, 4) is 0 Å². The van der Waals surface area contributed by atoms with Crippen LogP contribution >= 0.6 is 11.3 Å². The van der Waals surface area contributed by atoms with Crippen molar-refractivity contribution in [2.45, 2.75) is 45.4 Å². The van der Waals surface area contributed by atoms with Crippen molar-refractivity contribution in [2.24, 2.45) is 0 Å². The largest absolute Gasteiger partial charge is 0.375 e. The zero-order chi connectivity index (χ0) is 12.2. The van der Waals surface area contributed by atoms with Gasteiger partial charge in [0.2, 0.25) is 0 Å². The molecule has 1 aliphatic rings. The van der Waals surface area contributed by atoms with Gasteiger partial charge in [-0.2, -0.15) is 0 Å². The molecule has 0 amide bonds. The Labute approximate surface area is 106 Å². The molecule has 90 valence electrons. The Bertz CT molecular complexity index is 579. The van der Waals surface area contributed by atoms with Crippen molar-refractivity contribution in [2.75, 3.05) is 5.73 Å². The van der Waals surface area contributed by atoms with Crippen LogP contribution in [0, 0.1) is 6.92 Å². The molecule has 1 saturated carbocycles. The summed E-state index contributed by atoms with van der Waals surface area (Å²) in [6, 6.07) is 2.37. The number of aryl methyl sites for hydroxylation is 1. The summed E-state index contributed by atoms with van der Waals surface area (Å²) >= 11 is 1.62. The molecule has 3 rings (SSSR count). The minimum atomic E-state index is 0.523. The Morgan fingerprint density at radius 1 is 1.41 bits per heavy atom. The highest BCUT2D eigenvalue weighted by Gasteiger charge is 2.29. The summed E-state index contributed by atoms with van der Waals surface area (Å²) in [6.45, 7) is 6.69. The number of hydrogen-bond donors (Lipinski definition) is 1. The van der Waals surface area contributed by atoms with Gasteiger partial charge in [0.25, 0.3) is 0 Å². The summed E-state index contributed by atoms with van der Waals surface area (Å²) < 4.78 is 1.27. The predicted octanol–water partition coefficient (Wildman–Crippen LogP) is 4.19. The molecule has 0 atom stereocenters. The molecule has 17 heavy (non-hydrogen) atoms. The molecular formula is C14H18N2S. The third-order valence-electron chi connectivity index (χ3n) is 3.53. The third-order valence-corrected chi connectivity index (χ3v) is 4.55. The number of rotatable bonds is 2. The molecule has 1 aromatic carbocycles. The number of aromatic nitrogens is 1. The van der Waals surface area contributed by atoms with Crippen molar-refractivity contribution in [1.82, 2.24) is 4.98 Å². The van der Waals surface area contributed by atoms with Gasteiger partial charge >= 0.3 is 0 Å². The van der Waals surface area contributed by atoms with E-state index in [-0.39, 0.29) is 0 Å². The van der Waals surface area contributed by atoms with E-state index in [4.69, 9.17) is 5.73 Å². The van der Waals surface area contributed by atoms with Crippen molar-refractivity contribution in [1.29, 1.82) is 0 Å². The van der Waals surface area contributed by atoms with Crippen LogP contribution < -0.4 is 5.73 Å². The van der Waals surface area contributed by atoms with Gasteiger partial charge in [-0.3, -0.25) is 0 Å². The number of anilines is 1. The maximum atomic E-state index is 5.88. The minimum absolute atomic E-state index is 0.523. The predicted molar refractivity (Wildman–Crippen MR) is 74.8 cm³/mol. The lowest BCUT2D eigenvalue weighted by molar-refractivity contribution is 0.849. The van der Waals surface area contributed by atoms with Gasteiger partial charge in [-0.25, -0.2) is 4.98 Å². The van der Waals surface area contributed by atoms with Crippen LogP contribution in [0.5, 0.6) is 0 Å². The van der Waals surface area contributed by atoms with Crippen LogP contribution in [0.3, 0.4) is 0 Å². The molecule has 2 N–H and O–H groups in total. The normalized spacial score (nSPS) is 16.0. The average Bonchev–Trinajstić information content (AvgIpc) is 3.00. The monoisotopic (exact) mass is 246 g/mol. The van der Waals surface area contributed by atoms with E-state index in [1.54, 1.807) is 11.3 Å². The molecule has 0 aliphatic heterocycles. The topological polar surface area (TPSA) is 38.9 Å². The number of nitrogen functional groups attached to an aromatic ring is 1. The van der Waals surface area contributed by atoms with Gasteiger partial charge in [0.15, 0.2) is 5.13 Å². The first-order valence-corrected chi connectivity index (χ1v) is 7.09. The fourth-order valence-electron chi connectivity index (χ4n) is 2.64. The van der Waals surface area contributed by atoms with Crippen LogP contribution in [0.25, 0.3) is 10.2 Å². The second kappa shape index (κ2) is 3.70. The van der Waals surface area contributed by atoms with E-state index in [1.807, 2.05) is 0 Å². The smallest absolute Gasteiger partial charge is 0.181 e. The fourth-order valence-corrected chi connectivity index (χ4v) is 3.46. The maximum absolute atomic E-state index is 5.88. The van der Waals surface area contributed by atoms with Gasteiger partial charge < -0.3 is 5.73 Å². The summed E-state index contributed by atoms with van der Waals surface area (Å²) in [6.07, 6.45) is 2.68. The maximum Gasteiger partial charge on any atom is 0.181 e. The van der Waals surface area contributed by atoms with Gasteiger partial charge in [-0.15, -0.1) is 0 Å². The van der Waals surface area contributed by atoms with E-state index in [0.717, 1.165) is 11.4 Å². The minimum Gasteiger partial charge on any atom is -0.375 e. The van der Waals surface area contributed by atoms with Crippen LogP contribution in [-0.2, 0) is 0 Å². The molecule has 2 aromatic rings. The highest BCUT2D eigenvalue weighted by atomic mass is 32.1. The van der Waals surface area contributed by atoms with E-state index in [9.17, 15) is 0 Å². The van der Waals surface area contributed by atoms with Crippen molar-refractivity contribution >= 4 is 26.7 Å². The molecule has 0 unspecified atom stereocenters. The van der Waals surface area contributed by atoms with Crippen molar-refractivity contribution in [3.05, 3.63) is 22.8 Å². The first-order valence-electron chi connectivity index (χ1n) is 6.27. The van der Waals surface area contributed by atoms with Crippen LogP contribution in [0.15, 0.2) is 6.07 Å². The van der Waals surface area contributed by atoms with Gasteiger partial charge in [0.05, 0.1) is 10.2 Å². The second-order valence-electron chi connectivity index (χ2n) is 5.36. The van der Waals surface area contributed by atoms with Crippen molar-refractivity contribution in [3.63, 3.8) is 0 Å². The Hall–Kier alpha value is -1.09. The van der Waals surface area contributed by atoms with Gasteiger partial charge in [-0.05, 0) is 48.3 Å². The van der Waals surface area contributed by atoms with Crippen LogP contribution in [0.2, 0.25) is 0 Å². The van der Waals surface area contributed by atoms with E-state index >= 15 is 0 Å². The highest BCUT2D eigenvalue weighted by Crippen LogP contribution is 2.46. The molecule has 0 saturated heterocycles. The molecule has 0 spiro atoms. The fraction of sp³-hybridized carbons (Fsp3) is 0.500. The number of hydrogen-bond acceptors (Lipinski definition) is 3. The zero-order valence-corrected chi connectivity index (χ0v) is 11.4. The lowest BCUT2D eigenvalue weighted by Crippen LogP contribution is -1.98. The molecule has 2 nitrogen and oxygen atoms in total. The molecule has 3 heteroatoms. The van der Waals surface area contributed by atoms with Crippen LogP contribution in [0.4, 0.5) is 5.13 Å². The quantitative estimate of drug-likeness (QED) is 0.863. The number of fused-ring (bicyclic) bond motifs is 1.